The van der Waals surface area contributed by atoms with Gasteiger partial charge in [0, 0.05) is 18.3 Å². The van der Waals surface area contributed by atoms with Crippen LogP contribution in [0.1, 0.15) is 27.7 Å². The highest BCUT2D eigenvalue weighted by Gasteiger charge is 2.10. The van der Waals surface area contributed by atoms with E-state index in [9.17, 15) is 0 Å². The minimum atomic E-state index is 0.345. The third kappa shape index (κ3) is 3.65. The lowest BCUT2D eigenvalue weighted by molar-refractivity contribution is 0.169. The first-order chi connectivity index (χ1) is 7.11. The monoisotopic (exact) mass is 206 g/mol. The maximum absolute atomic E-state index is 4.19. The fourth-order valence-electron chi connectivity index (χ4n) is 1.31. The fourth-order valence-corrected chi connectivity index (χ4v) is 1.31. The van der Waals surface area contributed by atoms with Crippen molar-refractivity contribution in [1.82, 2.24) is 9.99 Å². The molecule has 0 bridgehead atoms. The van der Waals surface area contributed by atoms with Gasteiger partial charge in [-0.2, -0.15) is 0 Å². The topological polar surface area (TPSA) is 40.9 Å². The maximum atomic E-state index is 4.19. The SMILES string of the molecule is CC(C)N(/N=N/c1ccccn1)C(C)C. The average Bonchev–Trinajstić information content (AvgIpc) is 2.18. The average molecular weight is 206 g/mol. The molecule has 1 heterocycles. The van der Waals surface area contributed by atoms with Crippen molar-refractivity contribution in [3.05, 3.63) is 24.4 Å². The molecule has 1 aromatic heterocycles. The molecular formula is C11H18N4. The van der Waals surface area contributed by atoms with Crippen LogP contribution in [0, 0.1) is 0 Å². The first kappa shape index (κ1) is 11.6. The van der Waals surface area contributed by atoms with Gasteiger partial charge in [-0.15, -0.1) is 5.11 Å². The Morgan fingerprint density at radius 1 is 1.13 bits per heavy atom. The fraction of sp³-hybridized carbons (Fsp3) is 0.545. The van der Waals surface area contributed by atoms with Gasteiger partial charge in [-0.25, -0.2) is 4.98 Å². The first-order valence-corrected chi connectivity index (χ1v) is 5.22. The molecule has 15 heavy (non-hydrogen) atoms. The number of rotatable bonds is 4. The van der Waals surface area contributed by atoms with Crippen LogP contribution in [0.3, 0.4) is 0 Å². The second-order valence-corrected chi connectivity index (χ2v) is 3.94. The van der Waals surface area contributed by atoms with Crippen LogP contribution in [0.2, 0.25) is 0 Å². The van der Waals surface area contributed by atoms with Crippen molar-refractivity contribution >= 4 is 5.82 Å². The van der Waals surface area contributed by atoms with Crippen molar-refractivity contribution in [2.45, 2.75) is 39.8 Å². The van der Waals surface area contributed by atoms with Crippen molar-refractivity contribution in [3.63, 3.8) is 0 Å². The molecule has 0 aromatic carbocycles. The Bertz CT molecular complexity index is 298. The molecule has 0 atom stereocenters. The van der Waals surface area contributed by atoms with Crippen molar-refractivity contribution in [2.24, 2.45) is 10.3 Å². The molecule has 0 saturated heterocycles. The first-order valence-electron chi connectivity index (χ1n) is 5.22. The summed E-state index contributed by atoms with van der Waals surface area (Å²) in [5.74, 6) is 0.642. The quantitative estimate of drug-likeness (QED) is 0.560. The second-order valence-electron chi connectivity index (χ2n) is 3.94. The Balaban J connectivity index is 2.70. The van der Waals surface area contributed by atoms with Crippen LogP contribution >= 0.6 is 0 Å². The second kappa shape index (κ2) is 5.44. The summed E-state index contributed by atoms with van der Waals surface area (Å²) in [5.41, 5.74) is 0. The summed E-state index contributed by atoms with van der Waals surface area (Å²) < 4.78 is 0. The third-order valence-electron chi connectivity index (χ3n) is 1.96. The lowest BCUT2D eigenvalue weighted by Crippen LogP contribution is -2.31. The van der Waals surface area contributed by atoms with Gasteiger partial charge < -0.3 is 0 Å². The minimum Gasteiger partial charge on any atom is -0.273 e. The molecule has 4 nitrogen and oxygen atoms in total. The Hall–Kier alpha value is -1.45. The molecule has 1 rings (SSSR count). The number of nitrogens with zero attached hydrogens (tertiary/aromatic N) is 4. The van der Waals surface area contributed by atoms with Crippen molar-refractivity contribution < 1.29 is 0 Å². The predicted molar refractivity (Wildman–Crippen MR) is 60.9 cm³/mol. The highest BCUT2D eigenvalue weighted by atomic mass is 15.6. The van der Waals surface area contributed by atoms with E-state index in [0.29, 0.717) is 17.9 Å². The van der Waals surface area contributed by atoms with Gasteiger partial charge in [0.1, 0.15) is 0 Å². The van der Waals surface area contributed by atoms with Crippen LogP contribution in [-0.2, 0) is 0 Å². The Labute approximate surface area is 91.0 Å². The summed E-state index contributed by atoms with van der Waals surface area (Å²) in [7, 11) is 0. The van der Waals surface area contributed by atoms with Gasteiger partial charge in [0.2, 0.25) is 0 Å². The molecule has 4 heteroatoms. The molecule has 0 aliphatic carbocycles. The van der Waals surface area contributed by atoms with Crippen molar-refractivity contribution in [1.29, 1.82) is 0 Å². The molecule has 0 spiro atoms. The van der Waals surface area contributed by atoms with Gasteiger partial charge in [-0.1, -0.05) is 11.3 Å². The molecular weight excluding hydrogens is 188 g/mol. The molecule has 0 unspecified atom stereocenters. The molecule has 0 saturated carbocycles. The number of hydrogen-bond acceptors (Lipinski definition) is 3. The summed E-state index contributed by atoms with van der Waals surface area (Å²) in [4.78, 5) is 4.08. The third-order valence-corrected chi connectivity index (χ3v) is 1.96. The predicted octanol–water partition coefficient (Wildman–Crippen LogP) is 3.20. The molecule has 0 N–H and O–H groups in total. The molecule has 0 amide bonds. The maximum Gasteiger partial charge on any atom is 0.176 e. The zero-order chi connectivity index (χ0) is 11.3. The van der Waals surface area contributed by atoms with Crippen molar-refractivity contribution in [3.8, 4) is 0 Å². The standard InChI is InChI=1S/C11H18N4/c1-9(2)15(10(3)4)14-13-11-7-5-6-8-12-11/h5-10H,1-4H3/b14-13+. The van der Waals surface area contributed by atoms with Crippen LogP contribution in [0.4, 0.5) is 5.82 Å². The van der Waals surface area contributed by atoms with Gasteiger partial charge in [-0.05, 0) is 39.8 Å². The van der Waals surface area contributed by atoms with Crippen molar-refractivity contribution in [2.75, 3.05) is 0 Å². The summed E-state index contributed by atoms with van der Waals surface area (Å²) in [6, 6.07) is 6.29. The Morgan fingerprint density at radius 2 is 1.80 bits per heavy atom. The van der Waals surface area contributed by atoms with Gasteiger partial charge in [0.05, 0.1) is 0 Å². The largest absolute Gasteiger partial charge is 0.273 e. The Kier molecular flexibility index (Phi) is 4.21. The van der Waals surface area contributed by atoms with E-state index in [4.69, 9.17) is 0 Å². The van der Waals surface area contributed by atoms with Gasteiger partial charge in [0.25, 0.3) is 0 Å². The van der Waals surface area contributed by atoms with E-state index in [1.807, 2.05) is 23.2 Å². The van der Waals surface area contributed by atoms with E-state index < -0.39 is 0 Å². The minimum absolute atomic E-state index is 0.345. The highest BCUT2D eigenvalue weighted by Crippen LogP contribution is 2.11. The van der Waals surface area contributed by atoms with E-state index >= 15 is 0 Å². The molecule has 0 fully saturated rings. The molecule has 0 aliphatic heterocycles. The van der Waals surface area contributed by atoms with E-state index in [1.54, 1.807) is 6.20 Å². The molecule has 0 aliphatic rings. The van der Waals surface area contributed by atoms with Gasteiger partial charge in [-0.3, -0.25) is 5.01 Å². The lowest BCUT2D eigenvalue weighted by Gasteiger charge is -2.25. The number of aromatic nitrogens is 1. The lowest BCUT2D eigenvalue weighted by atomic mass is 10.3. The van der Waals surface area contributed by atoms with Crippen LogP contribution in [-0.4, -0.2) is 22.1 Å². The molecule has 0 radical (unpaired) electrons. The smallest absolute Gasteiger partial charge is 0.176 e. The molecule has 1 aromatic rings. The summed E-state index contributed by atoms with van der Waals surface area (Å²) in [6.07, 6.45) is 1.71. The van der Waals surface area contributed by atoms with E-state index in [0.717, 1.165) is 0 Å². The number of hydrogen-bond donors (Lipinski definition) is 0. The van der Waals surface area contributed by atoms with Gasteiger partial charge >= 0.3 is 0 Å². The highest BCUT2D eigenvalue weighted by molar-refractivity contribution is 5.23. The summed E-state index contributed by atoms with van der Waals surface area (Å²) in [6.45, 7) is 8.38. The number of pyridine rings is 1. The van der Waals surface area contributed by atoms with Crippen LogP contribution in [0.5, 0.6) is 0 Å². The zero-order valence-electron chi connectivity index (χ0n) is 9.75. The van der Waals surface area contributed by atoms with Gasteiger partial charge in [0.15, 0.2) is 5.82 Å². The summed E-state index contributed by atoms with van der Waals surface area (Å²) >= 11 is 0. The van der Waals surface area contributed by atoms with E-state index in [1.165, 1.54) is 0 Å². The van der Waals surface area contributed by atoms with Crippen LogP contribution < -0.4 is 0 Å². The summed E-state index contributed by atoms with van der Waals surface area (Å²) in [5, 5.41) is 10.2. The van der Waals surface area contributed by atoms with E-state index in [-0.39, 0.29) is 0 Å². The zero-order valence-corrected chi connectivity index (χ0v) is 9.75. The normalized spacial score (nSPS) is 11.6. The van der Waals surface area contributed by atoms with E-state index in [2.05, 4.69) is 43.0 Å². The van der Waals surface area contributed by atoms with Crippen LogP contribution in [0.25, 0.3) is 0 Å². The van der Waals surface area contributed by atoms with Crippen LogP contribution in [0.15, 0.2) is 34.7 Å². The Morgan fingerprint density at radius 3 is 2.27 bits per heavy atom. The molecule has 82 valence electrons.